The summed E-state index contributed by atoms with van der Waals surface area (Å²) in [6.45, 7) is 9.00. The van der Waals surface area contributed by atoms with Gasteiger partial charge < -0.3 is 4.90 Å². The van der Waals surface area contributed by atoms with Crippen molar-refractivity contribution in [3.63, 3.8) is 0 Å². The lowest BCUT2D eigenvalue weighted by atomic mass is 10.4. The van der Waals surface area contributed by atoms with Crippen molar-refractivity contribution in [3.8, 4) is 0 Å². The third-order valence-electron chi connectivity index (χ3n) is 1.14. The van der Waals surface area contributed by atoms with Crippen LogP contribution < -0.4 is 0 Å². The Morgan fingerprint density at radius 3 is 2.08 bits per heavy atom. The maximum Gasteiger partial charge on any atom is 0.244 e. The smallest absolute Gasteiger partial charge is 0.244 e. The fourth-order valence-corrected chi connectivity index (χ4v) is 0.545. The van der Waals surface area contributed by atoms with Gasteiger partial charge in [-0.25, -0.2) is 0 Å². The van der Waals surface area contributed by atoms with Gasteiger partial charge in [0.05, 0.1) is 6.54 Å². The molecule has 0 spiro atoms. The molecule has 1 aliphatic rings. The molecule has 0 unspecified atom stereocenters. The van der Waals surface area contributed by atoms with Crippen molar-refractivity contribution in [3.05, 3.63) is 0 Å². The highest BCUT2D eigenvalue weighted by atomic mass is 16.2. The summed E-state index contributed by atoms with van der Waals surface area (Å²) in [5, 5.41) is 0. The minimum atomic E-state index is 0.104. The Bertz CT molecular complexity index is 132. The SMILES string of the molecule is CC.CC.CN1CC=NCC1=O. The molecule has 12 heavy (non-hydrogen) atoms. The van der Waals surface area contributed by atoms with Crippen molar-refractivity contribution < 1.29 is 4.79 Å². The quantitative estimate of drug-likeness (QED) is 0.546. The molecule has 0 atom stereocenters. The molecule has 3 heteroatoms. The van der Waals surface area contributed by atoms with Crippen molar-refractivity contribution in [2.45, 2.75) is 27.7 Å². The van der Waals surface area contributed by atoms with Gasteiger partial charge in [-0.3, -0.25) is 9.79 Å². The Morgan fingerprint density at radius 2 is 1.83 bits per heavy atom. The molecular weight excluding hydrogens is 152 g/mol. The van der Waals surface area contributed by atoms with Crippen molar-refractivity contribution in [1.29, 1.82) is 0 Å². The van der Waals surface area contributed by atoms with E-state index in [-0.39, 0.29) is 5.91 Å². The van der Waals surface area contributed by atoms with Crippen LogP contribution in [0.3, 0.4) is 0 Å². The molecule has 0 aliphatic carbocycles. The first kappa shape index (κ1) is 13.7. The van der Waals surface area contributed by atoms with E-state index in [0.717, 1.165) is 0 Å². The van der Waals surface area contributed by atoms with Crippen LogP contribution in [0.1, 0.15) is 27.7 Å². The molecule has 0 saturated carbocycles. The topological polar surface area (TPSA) is 32.7 Å². The van der Waals surface area contributed by atoms with Crippen molar-refractivity contribution in [2.75, 3.05) is 20.1 Å². The monoisotopic (exact) mass is 172 g/mol. The number of nitrogens with zero attached hydrogens (tertiary/aromatic N) is 2. The van der Waals surface area contributed by atoms with Gasteiger partial charge in [-0.2, -0.15) is 0 Å². The molecule has 0 N–H and O–H groups in total. The first-order chi connectivity index (χ1) is 5.80. The summed E-state index contributed by atoms with van der Waals surface area (Å²) >= 11 is 0. The Balaban J connectivity index is 0. The number of likely N-dealkylation sites (N-methyl/N-ethyl adjacent to an activating group) is 1. The first-order valence-electron chi connectivity index (χ1n) is 4.53. The third-order valence-corrected chi connectivity index (χ3v) is 1.14. The largest absolute Gasteiger partial charge is 0.339 e. The minimum Gasteiger partial charge on any atom is -0.339 e. The van der Waals surface area contributed by atoms with Gasteiger partial charge in [-0.05, 0) is 0 Å². The van der Waals surface area contributed by atoms with Gasteiger partial charge in [-0.1, -0.05) is 27.7 Å². The lowest BCUT2D eigenvalue weighted by Crippen LogP contribution is -2.33. The van der Waals surface area contributed by atoms with E-state index in [0.29, 0.717) is 13.1 Å². The molecule has 72 valence electrons. The van der Waals surface area contributed by atoms with E-state index in [2.05, 4.69) is 4.99 Å². The average Bonchev–Trinajstić information content (AvgIpc) is 2.17. The van der Waals surface area contributed by atoms with Gasteiger partial charge in [0.2, 0.25) is 5.91 Å². The fourth-order valence-electron chi connectivity index (χ4n) is 0.545. The molecule has 1 heterocycles. The summed E-state index contributed by atoms with van der Waals surface area (Å²) in [7, 11) is 1.77. The lowest BCUT2D eigenvalue weighted by molar-refractivity contribution is -0.128. The zero-order valence-electron chi connectivity index (χ0n) is 8.79. The van der Waals surface area contributed by atoms with E-state index in [1.165, 1.54) is 0 Å². The van der Waals surface area contributed by atoms with Crippen molar-refractivity contribution in [1.82, 2.24) is 4.90 Å². The van der Waals surface area contributed by atoms with Crippen LogP contribution >= 0.6 is 0 Å². The Hall–Kier alpha value is -0.860. The summed E-state index contributed by atoms with van der Waals surface area (Å²) in [5.41, 5.74) is 0. The zero-order valence-corrected chi connectivity index (χ0v) is 8.79. The molecule has 3 nitrogen and oxygen atoms in total. The molecule has 0 fully saturated rings. The van der Waals surface area contributed by atoms with Crippen LogP contribution in [0.15, 0.2) is 4.99 Å². The zero-order chi connectivity index (χ0) is 9.98. The van der Waals surface area contributed by atoms with E-state index < -0.39 is 0 Å². The summed E-state index contributed by atoms with van der Waals surface area (Å²) < 4.78 is 0. The average molecular weight is 172 g/mol. The molecular formula is C9H20N2O. The predicted octanol–water partition coefficient (Wildman–Crippen LogP) is 1.58. The molecule has 0 bridgehead atoms. The van der Waals surface area contributed by atoms with Crippen molar-refractivity contribution in [2.24, 2.45) is 4.99 Å². The van der Waals surface area contributed by atoms with Gasteiger partial charge in [-0.15, -0.1) is 0 Å². The van der Waals surface area contributed by atoms with E-state index in [1.807, 2.05) is 27.7 Å². The van der Waals surface area contributed by atoms with Gasteiger partial charge in [0.1, 0.15) is 6.54 Å². The van der Waals surface area contributed by atoms with Crippen LogP contribution in [0.4, 0.5) is 0 Å². The van der Waals surface area contributed by atoms with E-state index >= 15 is 0 Å². The number of amides is 1. The second-order valence-corrected chi connectivity index (χ2v) is 1.80. The van der Waals surface area contributed by atoms with Gasteiger partial charge >= 0.3 is 0 Å². The van der Waals surface area contributed by atoms with Crippen LogP contribution in [-0.4, -0.2) is 37.2 Å². The van der Waals surface area contributed by atoms with Crippen molar-refractivity contribution >= 4 is 12.1 Å². The summed E-state index contributed by atoms with van der Waals surface area (Å²) in [5.74, 6) is 0.104. The van der Waals surface area contributed by atoms with Crippen LogP contribution in [0.2, 0.25) is 0 Å². The Kier molecular flexibility index (Phi) is 11.6. The maximum atomic E-state index is 10.6. The van der Waals surface area contributed by atoms with Crippen LogP contribution in [0.25, 0.3) is 0 Å². The molecule has 1 aliphatic heterocycles. The molecule has 0 aromatic heterocycles. The minimum absolute atomic E-state index is 0.104. The summed E-state index contributed by atoms with van der Waals surface area (Å²) in [4.78, 5) is 16.0. The second-order valence-electron chi connectivity index (χ2n) is 1.80. The lowest BCUT2D eigenvalue weighted by Gasteiger charge is -2.15. The predicted molar refractivity (Wildman–Crippen MR) is 53.7 cm³/mol. The van der Waals surface area contributed by atoms with Gasteiger partial charge in [0.15, 0.2) is 0 Å². The molecule has 0 aromatic rings. The van der Waals surface area contributed by atoms with Gasteiger partial charge in [0, 0.05) is 13.3 Å². The molecule has 0 saturated heterocycles. The second kappa shape index (κ2) is 10.1. The summed E-state index contributed by atoms with van der Waals surface area (Å²) in [6.07, 6.45) is 1.75. The molecule has 1 rings (SSSR count). The van der Waals surface area contributed by atoms with Crippen LogP contribution in [-0.2, 0) is 4.79 Å². The third kappa shape index (κ3) is 5.89. The van der Waals surface area contributed by atoms with E-state index in [1.54, 1.807) is 18.2 Å². The van der Waals surface area contributed by atoms with E-state index in [9.17, 15) is 4.79 Å². The highest BCUT2D eigenvalue weighted by Crippen LogP contribution is 1.88. The highest BCUT2D eigenvalue weighted by Gasteiger charge is 2.08. The number of carbonyl (C=O) groups excluding carboxylic acids is 1. The number of aliphatic imine (C=N–C) groups is 1. The fraction of sp³-hybridized carbons (Fsp3) is 0.778. The number of hydrogen-bond donors (Lipinski definition) is 0. The Morgan fingerprint density at radius 1 is 1.33 bits per heavy atom. The van der Waals surface area contributed by atoms with Crippen LogP contribution in [0.5, 0.6) is 0 Å². The first-order valence-corrected chi connectivity index (χ1v) is 4.53. The van der Waals surface area contributed by atoms with Gasteiger partial charge in [0.25, 0.3) is 0 Å². The summed E-state index contributed by atoms with van der Waals surface area (Å²) in [6, 6.07) is 0. The number of rotatable bonds is 0. The standard InChI is InChI=1S/C5H8N2O.2C2H6/c1-7-3-2-6-4-5(7)8;2*1-2/h2H,3-4H2,1H3;2*1-2H3. The van der Waals surface area contributed by atoms with E-state index in [4.69, 9.17) is 0 Å². The highest BCUT2D eigenvalue weighted by molar-refractivity contribution is 5.84. The number of hydrogen-bond acceptors (Lipinski definition) is 2. The molecule has 0 aromatic carbocycles. The molecule has 0 radical (unpaired) electrons. The maximum absolute atomic E-state index is 10.6. The van der Waals surface area contributed by atoms with Crippen LogP contribution in [0, 0.1) is 0 Å². The Labute approximate surface area is 75.5 Å². The number of carbonyl (C=O) groups is 1. The molecule has 1 amide bonds. The normalized spacial score (nSPS) is 14.1.